The highest BCUT2D eigenvalue weighted by Gasteiger charge is 2.52. The summed E-state index contributed by atoms with van der Waals surface area (Å²) >= 11 is 0. The van der Waals surface area contributed by atoms with Gasteiger partial charge in [-0.15, -0.1) is 5.10 Å². The van der Waals surface area contributed by atoms with Crippen molar-refractivity contribution in [3.05, 3.63) is 66.5 Å². The van der Waals surface area contributed by atoms with Crippen LogP contribution in [0.5, 0.6) is 0 Å². The summed E-state index contributed by atoms with van der Waals surface area (Å²) in [5, 5.41) is 19.4. The third kappa shape index (κ3) is 5.38. The molecule has 3 amide bonds. The van der Waals surface area contributed by atoms with Crippen LogP contribution in [0.4, 0.5) is 4.79 Å². The third-order valence-electron chi connectivity index (χ3n) is 5.99. The molecule has 14 nitrogen and oxygen atoms in total. The second-order valence-corrected chi connectivity index (χ2v) is 12.2. The Hall–Kier alpha value is -3.86. The molecule has 0 atom stereocenters. The zero-order valence-corrected chi connectivity index (χ0v) is 21.4. The quantitative estimate of drug-likeness (QED) is 0.218. The molecule has 1 aromatic heterocycles. The van der Waals surface area contributed by atoms with Gasteiger partial charge in [-0.1, -0.05) is 23.4 Å². The maximum absolute atomic E-state index is 13.3. The van der Waals surface area contributed by atoms with Crippen LogP contribution in [0, 0.1) is 0 Å². The molecule has 1 saturated heterocycles. The Morgan fingerprint density at radius 3 is 2.26 bits per heavy atom. The van der Waals surface area contributed by atoms with E-state index in [4.69, 9.17) is 9.94 Å². The van der Waals surface area contributed by atoms with Crippen LogP contribution >= 0.6 is 0 Å². The van der Waals surface area contributed by atoms with E-state index in [-0.39, 0.29) is 42.4 Å². The van der Waals surface area contributed by atoms with Crippen LogP contribution in [0.3, 0.4) is 0 Å². The summed E-state index contributed by atoms with van der Waals surface area (Å²) in [4.78, 5) is 24.3. The van der Waals surface area contributed by atoms with Crippen molar-refractivity contribution >= 4 is 31.8 Å². The van der Waals surface area contributed by atoms with E-state index >= 15 is 0 Å². The van der Waals surface area contributed by atoms with E-state index in [0.717, 1.165) is 0 Å². The lowest BCUT2D eigenvalue weighted by Crippen LogP contribution is -2.54. The fourth-order valence-electron chi connectivity index (χ4n) is 3.92. The van der Waals surface area contributed by atoms with Crippen molar-refractivity contribution < 1.29 is 36.4 Å². The highest BCUT2D eigenvalue weighted by atomic mass is 32.2. The third-order valence-corrected chi connectivity index (χ3v) is 9.86. The van der Waals surface area contributed by atoms with Gasteiger partial charge in [0.15, 0.2) is 14.6 Å². The summed E-state index contributed by atoms with van der Waals surface area (Å²) in [6.45, 7) is -0.0309. The van der Waals surface area contributed by atoms with Crippen molar-refractivity contribution in [3.63, 3.8) is 0 Å². The number of nitrogens with one attached hydrogen (secondary N) is 3. The van der Waals surface area contributed by atoms with Crippen LogP contribution in [-0.2, 0) is 35.9 Å². The molecule has 0 saturated carbocycles. The predicted molar refractivity (Wildman–Crippen MR) is 130 cm³/mol. The summed E-state index contributed by atoms with van der Waals surface area (Å²) in [7, 11) is -8.22. The van der Waals surface area contributed by atoms with E-state index < -0.39 is 36.5 Å². The van der Waals surface area contributed by atoms with Crippen molar-refractivity contribution in [2.75, 3.05) is 13.2 Å². The summed E-state index contributed by atoms with van der Waals surface area (Å²) < 4.78 is 57.7. The average Bonchev–Trinajstić information content (AvgIpc) is 3.41. The van der Waals surface area contributed by atoms with Gasteiger partial charge in [-0.25, -0.2) is 36.5 Å². The molecular formula is C22H24N6O8S2. The molecule has 16 heteroatoms. The van der Waals surface area contributed by atoms with Crippen LogP contribution < -0.4 is 15.5 Å². The highest BCUT2D eigenvalue weighted by Crippen LogP contribution is 2.35. The van der Waals surface area contributed by atoms with Crippen LogP contribution in [0.25, 0.3) is 5.69 Å². The molecule has 2 heterocycles. The zero-order chi connectivity index (χ0) is 27.4. The molecule has 0 aliphatic carbocycles. The number of rotatable bonds is 8. The summed E-state index contributed by atoms with van der Waals surface area (Å²) in [5.74, 6) is -1.01. The molecule has 1 aliphatic heterocycles. The van der Waals surface area contributed by atoms with Gasteiger partial charge in [0.05, 0.1) is 28.2 Å². The Balaban J connectivity index is 1.43. The standard InChI is InChI=1S/C22H24N6O8S2/c29-20(25-31)22(10-12-36-13-11-22)37(32,33)18-8-6-17(7-9-18)28-15-16(24-27-28)14-23-21(30)26-38(34,35)19-4-2-1-3-5-19/h1-9,15,31H,10-14H2,(H,25,29)(H2,23,26,30). The minimum Gasteiger partial charge on any atom is -0.381 e. The predicted octanol–water partition coefficient (Wildman–Crippen LogP) is 0.284. The number of nitrogens with zero attached hydrogens (tertiary/aromatic N) is 3. The molecule has 0 unspecified atom stereocenters. The van der Waals surface area contributed by atoms with E-state index in [1.165, 1.54) is 64.9 Å². The van der Waals surface area contributed by atoms with E-state index in [1.54, 1.807) is 6.07 Å². The van der Waals surface area contributed by atoms with Crippen LogP contribution in [0.15, 0.2) is 70.6 Å². The van der Waals surface area contributed by atoms with Gasteiger partial charge in [-0.3, -0.25) is 10.0 Å². The molecule has 1 fully saturated rings. The van der Waals surface area contributed by atoms with Gasteiger partial charge >= 0.3 is 6.03 Å². The summed E-state index contributed by atoms with van der Waals surface area (Å²) in [5.41, 5.74) is 2.21. The molecule has 4 rings (SSSR count). The molecule has 2 aromatic carbocycles. The summed E-state index contributed by atoms with van der Waals surface area (Å²) in [6.07, 6.45) is 1.25. The first-order valence-corrected chi connectivity index (χ1v) is 14.2. The molecule has 4 N–H and O–H groups in total. The van der Waals surface area contributed by atoms with Crippen LogP contribution in [-0.4, -0.2) is 66.9 Å². The van der Waals surface area contributed by atoms with Crippen molar-refractivity contribution in [3.8, 4) is 5.69 Å². The molecule has 0 spiro atoms. The van der Waals surface area contributed by atoms with E-state index in [9.17, 15) is 26.4 Å². The van der Waals surface area contributed by atoms with E-state index in [2.05, 4.69) is 15.6 Å². The number of carbonyl (C=O) groups excluding carboxylic acids is 2. The lowest BCUT2D eigenvalue weighted by atomic mass is 9.98. The molecule has 0 bridgehead atoms. The molecule has 0 radical (unpaired) electrons. The fourth-order valence-corrected chi connectivity index (χ4v) is 6.81. The number of benzene rings is 2. The SMILES string of the molecule is O=C(NCc1cn(-c2ccc(S(=O)(=O)C3(C(=O)NO)CCOCC3)cc2)nn1)NS(=O)(=O)c1ccccc1. The first kappa shape index (κ1) is 27.2. The molecule has 3 aromatic rings. The van der Waals surface area contributed by atoms with Gasteiger partial charge in [-0.05, 0) is 49.2 Å². The van der Waals surface area contributed by atoms with Crippen molar-refractivity contribution in [1.29, 1.82) is 0 Å². The lowest BCUT2D eigenvalue weighted by molar-refractivity contribution is -0.134. The average molecular weight is 565 g/mol. The van der Waals surface area contributed by atoms with E-state index in [1.807, 2.05) is 4.72 Å². The number of carbonyl (C=O) groups is 2. The normalized spacial score (nSPS) is 15.4. The topological polar surface area (TPSA) is 199 Å². The van der Waals surface area contributed by atoms with Gasteiger partial charge in [0.1, 0.15) is 5.69 Å². The van der Waals surface area contributed by atoms with Gasteiger partial charge < -0.3 is 10.1 Å². The first-order valence-electron chi connectivity index (χ1n) is 11.2. The van der Waals surface area contributed by atoms with Crippen molar-refractivity contribution in [2.24, 2.45) is 0 Å². The maximum atomic E-state index is 13.3. The number of urea groups is 1. The summed E-state index contributed by atoms with van der Waals surface area (Å²) in [6, 6.07) is 12.0. The number of aromatic nitrogens is 3. The molecule has 1 aliphatic rings. The molecule has 202 valence electrons. The Bertz CT molecular complexity index is 1520. The Kier molecular flexibility index (Phi) is 7.77. The van der Waals surface area contributed by atoms with Gasteiger partial charge in [0.2, 0.25) is 0 Å². The first-order chi connectivity index (χ1) is 18.1. The molecule has 38 heavy (non-hydrogen) atoms. The highest BCUT2D eigenvalue weighted by molar-refractivity contribution is 7.93. The fraction of sp³-hybridized carbons (Fsp3) is 0.273. The Labute approximate surface area is 217 Å². The van der Waals surface area contributed by atoms with Crippen LogP contribution in [0.2, 0.25) is 0 Å². The number of hydrogen-bond acceptors (Lipinski definition) is 10. The Morgan fingerprint density at radius 2 is 1.63 bits per heavy atom. The largest absolute Gasteiger partial charge is 0.381 e. The van der Waals surface area contributed by atoms with Gasteiger partial charge in [0.25, 0.3) is 15.9 Å². The second kappa shape index (κ2) is 10.9. The monoisotopic (exact) mass is 564 g/mol. The Morgan fingerprint density at radius 1 is 0.974 bits per heavy atom. The van der Waals surface area contributed by atoms with E-state index in [0.29, 0.717) is 11.4 Å². The van der Waals surface area contributed by atoms with Crippen molar-refractivity contribution in [1.82, 2.24) is 30.5 Å². The van der Waals surface area contributed by atoms with Crippen LogP contribution in [0.1, 0.15) is 18.5 Å². The smallest absolute Gasteiger partial charge is 0.329 e. The number of hydrogen-bond donors (Lipinski definition) is 4. The van der Waals surface area contributed by atoms with Crippen molar-refractivity contribution in [2.45, 2.75) is 33.9 Å². The number of ether oxygens (including phenoxy) is 1. The molecular weight excluding hydrogens is 540 g/mol. The lowest BCUT2D eigenvalue weighted by Gasteiger charge is -2.34. The number of amides is 3. The zero-order valence-electron chi connectivity index (χ0n) is 19.8. The second-order valence-electron chi connectivity index (χ2n) is 8.30. The minimum atomic E-state index is -4.18. The number of hydroxylamine groups is 1. The van der Waals surface area contributed by atoms with Gasteiger partial charge in [0, 0.05) is 13.2 Å². The van der Waals surface area contributed by atoms with Gasteiger partial charge in [-0.2, -0.15) is 0 Å². The minimum absolute atomic E-state index is 0.0523. The number of sulfonamides is 1. The maximum Gasteiger partial charge on any atom is 0.329 e. The number of sulfone groups is 1.